The van der Waals surface area contributed by atoms with Crippen LogP contribution in [0.1, 0.15) is 27.2 Å². The van der Waals surface area contributed by atoms with Crippen LogP contribution in [0, 0.1) is 11.3 Å². The maximum Gasteiger partial charge on any atom is 0.225 e. The highest BCUT2D eigenvalue weighted by Crippen LogP contribution is 2.18. The number of hydrogen-bond donors (Lipinski definition) is 1. The summed E-state index contributed by atoms with van der Waals surface area (Å²) in [6.07, 6.45) is 0.673. The number of rotatable bonds is 2. The van der Waals surface area contributed by atoms with Gasteiger partial charge in [0.25, 0.3) is 0 Å². The summed E-state index contributed by atoms with van der Waals surface area (Å²) in [6, 6.07) is 0. The third-order valence-corrected chi connectivity index (χ3v) is 4.40. The highest BCUT2D eigenvalue weighted by Gasteiger charge is 2.29. The van der Waals surface area contributed by atoms with Crippen LogP contribution >= 0.6 is 0 Å². The molecule has 0 aromatic heterocycles. The molecule has 0 bridgehead atoms. The van der Waals surface area contributed by atoms with Crippen molar-refractivity contribution in [3.63, 3.8) is 0 Å². The average molecular weight is 233 g/mol. The molecular formula is C10H19NO3S. The largest absolute Gasteiger partial charge is 0.355 e. The number of nitrogens with one attached hydrogen (secondary N) is 1. The molecule has 0 aliphatic carbocycles. The second kappa shape index (κ2) is 4.12. The quantitative estimate of drug-likeness (QED) is 0.759. The number of carbonyl (C=O) groups excluding carboxylic acids is 1. The monoisotopic (exact) mass is 233 g/mol. The third-order valence-electron chi connectivity index (χ3n) is 2.56. The molecule has 1 heterocycles. The molecule has 88 valence electrons. The summed E-state index contributed by atoms with van der Waals surface area (Å²) >= 11 is 0. The lowest BCUT2D eigenvalue weighted by Crippen LogP contribution is -2.37. The molecule has 0 radical (unpaired) electrons. The second-order valence-electron chi connectivity index (χ2n) is 5.23. The lowest BCUT2D eigenvalue weighted by Gasteiger charge is -2.19. The molecule has 0 aromatic rings. The zero-order chi connectivity index (χ0) is 11.7. The van der Waals surface area contributed by atoms with Crippen LogP contribution in [0.5, 0.6) is 0 Å². The van der Waals surface area contributed by atoms with E-state index < -0.39 is 15.3 Å². The Morgan fingerprint density at radius 2 is 2.00 bits per heavy atom. The van der Waals surface area contributed by atoms with Crippen molar-refractivity contribution in [2.75, 3.05) is 18.1 Å². The van der Waals surface area contributed by atoms with Crippen LogP contribution in [0.3, 0.4) is 0 Å². The first kappa shape index (κ1) is 12.5. The van der Waals surface area contributed by atoms with Crippen LogP contribution in [0.2, 0.25) is 0 Å². The minimum Gasteiger partial charge on any atom is -0.355 e. The Bertz CT molecular complexity index is 340. The van der Waals surface area contributed by atoms with E-state index in [2.05, 4.69) is 5.32 Å². The van der Waals surface area contributed by atoms with Gasteiger partial charge in [-0.25, -0.2) is 8.42 Å². The summed E-state index contributed by atoms with van der Waals surface area (Å²) in [4.78, 5) is 11.5. The van der Waals surface area contributed by atoms with Gasteiger partial charge in [-0.1, -0.05) is 20.8 Å². The van der Waals surface area contributed by atoms with Crippen molar-refractivity contribution in [1.29, 1.82) is 0 Å². The molecule has 0 saturated carbocycles. The van der Waals surface area contributed by atoms with Crippen LogP contribution in [0.25, 0.3) is 0 Å². The molecule has 1 fully saturated rings. The van der Waals surface area contributed by atoms with Crippen LogP contribution in [0.4, 0.5) is 0 Å². The van der Waals surface area contributed by atoms with Gasteiger partial charge < -0.3 is 5.32 Å². The summed E-state index contributed by atoms with van der Waals surface area (Å²) in [5.74, 6) is 0.564. The van der Waals surface area contributed by atoms with Gasteiger partial charge in [-0.2, -0.15) is 0 Å². The Balaban J connectivity index is 2.37. The van der Waals surface area contributed by atoms with E-state index in [0.29, 0.717) is 13.0 Å². The van der Waals surface area contributed by atoms with Crippen LogP contribution in [-0.4, -0.2) is 32.4 Å². The van der Waals surface area contributed by atoms with Gasteiger partial charge in [0.2, 0.25) is 5.91 Å². The zero-order valence-corrected chi connectivity index (χ0v) is 10.4. The molecule has 1 aliphatic rings. The normalized spacial score (nSPS) is 25.1. The molecular weight excluding hydrogens is 214 g/mol. The molecule has 1 atom stereocenters. The predicted molar refractivity (Wildman–Crippen MR) is 59.2 cm³/mol. The van der Waals surface area contributed by atoms with Crippen molar-refractivity contribution in [2.24, 2.45) is 11.3 Å². The molecule has 15 heavy (non-hydrogen) atoms. The molecule has 1 unspecified atom stereocenters. The number of hydrogen-bond acceptors (Lipinski definition) is 3. The minimum atomic E-state index is -2.83. The zero-order valence-electron chi connectivity index (χ0n) is 9.54. The summed E-state index contributed by atoms with van der Waals surface area (Å²) in [5, 5.41) is 2.80. The first-order valence-corrected chi connectivity index (χ1v) is 7.01. The molecule has 1 amide bonds. The van der Waals surface area contributed by atoms with Crippen molar-refractivity contribution in [3.8, 4) is 0 Å². The summed E-state index contributed by atoms with van der Waals surface area (Å²) in [6.45, 7) is 6.00. The second-order valence-corrected chi connectivity index (χ2v) is 7.46. The topological polar surface area (TPSA) is 63.2 Å². The van der Waals surface area contributed by atoms with Gasteiger partial charge >= 0.3 is 0 Å². The Hall–Kier alpha value is -0.580. The molecule has 0 spiro atoms. The highest BCUT2D eigenvalue weighted by atomic mass is 32.2. The smallest absolute Gasteiger partial charge is 0.225 e. The Labute approximate surface area is 91.4 Å². The first-order chi connectivity index (χ1) is 6.71. The van der Waals surface area contributed by atoms with Crippen molar-refractivity contribution in [1.82, 2.24) is 5.32 Å². The van der Waals surface area contributed by atoms with Gasteiger partial charge in [-0.3, -0.25) is 4.79 Å². The molecule has 1 N–H and O–H groups in total. The van der Waals surface area contributed by atoms with E-state index in [1.165, 1.54) is 0 Å². The predicted octanol–water partition coefficient (Wildman–Crippen LogP) is 0.583. The number of amides is 1. The van der Waals surface area contributed by atoms with Gasteiger partial charge in [0, 0.05) is 12.0 Å². The van der Waals surface area contributed by atoms with Crippen LogP contribution in [0.15, 0.2) is 0 Å². The molecule has 1 aliphatic heterocycles. The Morgan fingerprint density at radius 3 is 2.40 bits per heavy atom. The first-order valence-electron chi connectivity index (χ1n) is 5.19. The third kappa shape index (κ3) is 3.81. The molecule has 5 heteroatoms. The van der Waals surface area contributed by atoms with E-state index in [1.54, 1.807) is 0 Å². The van der Waals surface area contributed by atoms with E-state index >= 15 is 0 Å². The summed E-state index contributed by atoms with van der Waals surface area (Å²) in [7, 11) is -2.83. The molecule has 4 nitrogen and oxygen atoms in total. The van der Waals surface area contributed by atoms with Gasteiger partial charge in [0.1, 0.15) is 0 Å². The molecule has 1 rings (SSSR count). The lowest BCUT2D eigenvalue weighted by atomic mass is 9.95. The van der Waals surface area contributed by atoms with Gasteiger partial charge in [-0.15, -0.1) is 0 Å². The van der Waals surface area contributed by atoms with Gasteiger partial charge in [-0.05, 0) is 12.3 Å². The van der Waals surface area contributed by atoms with E-state index in [4.69, 9.17) is 0 Å². The van der Waals surface area contributed by atoms with Crippen LogP contribution in [-0.2, 0) is 14.6 Å². The molecule has 1 saturated heterocycles. The lowest BCUT2D eigenvalue weighted by molar-refractivity contribution is -0.128. The SMILES string of the molecule is CC(C)(C)C(=O)NCC1CCS(=O)(=O)C1. The Kier molecular flexibility index (Phi) is 3.43. The van der Waals surface area contributed by atoms with Crippen molar-refractivity contribution >= 4 is 15.7 Å². The fourth-order valence-electron chi connectivity index (χ4n) is 1.54. The number of carbonyl (C=O) groups is 1. The highest BCUT2D eigenvalue weighted by molar-refractivity contribution is 7.91. The van der Waals surface area contributed by atoms with Crippen molar-refractivity contribution in [3.05, 3.63) is 0 Å². The fourth-order valence-corrected chi connectivity index (χ4v) is 3.40. The average Bonchev–Trinajstić information content (AvgIpc) is 2.39. The minimum absolute atomic E-state index is 0.0215. The summed E-state index contributed by atoms with van der Waals surface area (Å²) in [5.41, 5.74) is -0.405. The standard InChI is InChI=1S/C10H19NO3S/c1-10(2,3)9(12)11-6-8-4-5-15(13,14)7-8/h8H,4-7H2,1-3H3,(H,11,12). The van der Waals surface area contributed by atoms with E-state index in [9.17, 15) is 13.2 Å². The molecule has 0 aromatic carbocycles. The van der Waals surface area contributed by atoms with Crippen LogP contribution < -0.4 is 5.32 Å². The summed E-state index contributed by atoms with van der Waals surface area (Å²) < 4.78 is 22.3. The van der Waals surface area contributed by atoms with Crippen molar-refractivity contribution < 1.29 is 13.2 Å². The Morgan fingerprint density at radius 1 is 1.40 bits per heavy atom. The maximum atomic E-state index is 11.5. The number of sulfone groups is 1. The van der Waals surface area contributed by atoms with E-state index in [1.807, 2.05) is 20.8 Å². The van der Waals surface area contributed by atoms with Gasteiger partial charge in [0.05, 0.1) is 11.5 Å². The van der Waals surface area contributed by atoms with E-state index in [-0.39, 0.29) is 23.3 Å². The van der Waals surface area contributed by atoms with E-state index in [0.717, 1.165) is 0 Å². The maximum absolute atomic E-state index is 11.5. The van der Waals surface area contributed by atoms with Crippen molar-refractivity contribution in [2.45, 2.75) is 27.2 Å². The van der Waals surface area contributed by atoms with Gasteiger partial charge in [0.15, 0.2) is 9.84 Å². The fraction of sp³-hybridized carbons (Fsp3) is 0.900.